The molecule has 0 unspecified atom stereocenters. The van der Waals surface area contributed by atoms with Gasteiger partial charge in [0.15, 0.2) is 0 Å². The molecule has 94 valence electrons. The lowest BCUT2D eigenvalue weighted by Gasteiger charge is -2.22. The van der Waals surface area contributed by atoms with Crippen molar-refractivity contribution in [3.8, 4) is 0 Å². The van der Waals surface area contributed by atoms with E-state index in [1.54, 1.807) is 6.33 Å². The second-order valence-electron chi connectivity index (χ2n) is 4.25. The number of anilines is 1. The summed E-state index contributed by atoms with van der Waals surface area (Å²) in [6, 6.07) is 2.04. The molecule has 4 nitrogen and oxygen atoms in total. The molecular formula is C12H20N4S. The smallest absolute Gasteiger partial charge is 0.132 e. The molecule has 5 heteroatoms. The molecule has 1 aromatic rings. The van der Waals surface area contributed by atoms with Crippen LogP contribution in [0.5, 0.6) is 0 Å². The minimum atomic E-state index is 0.408. The minimum Gasteiger partial charge on any atom is -0.393 e. The van der Waals surface area contributed by atoms with Gasteiger partial charge in [0.05, 0.1) is 4.99 Å². The van der Waals surface area contributed by atoms with E-state index in [2.05, 4.69) is 35.6 Å². The third kappa shape index (κ3) is 4.26. The Hall–Kier alpha value is -1.23. The fourth-order valence-electron chi connectivity index (χ4n) is 1.53. The van der Waals surface area contributed by atoms with E-state index < -0.39 is 0 Å². The summed E-state index contributed by atoms with van der Waals surface area (Å²) in [5.41, 5.74) is 6.58. The number of nitrogens with two attached hydrogens (primary N) is 1. The third-order valence-electron chi connectivity index (χ3n) is 2.60. The molecule has 2 N–H and O–H groups in total. The number of nitrogens with zero attached hydrogens (tertiary/aromatic N) is 3. The van der Waals surface area contributed by atoms with Gasteiger partial charge < -0.3 is 10.6 Å². The van der Waals surface area contributed by atoms with Crippen molar-refractivity contribution in [1.29, 1.82) is 0 Å². The first-order valence-electron chi connectivity index (χ1n) is 5.89. The van der Waals surface area contributed by atoms with Gasteiger partial charge in [0.1, 0.15) is 12.1 Å². The summed E-state index contributed by atoms with van der Waals surface area (Å²) in [6.45, 7) is 8.03. The summed E-state index contributed by atoms with van der Waals surface area (Å²) in [5, 5.41) is 0. The van der Waals surface area contributed by atoms with Gasteiger partial charge in [-0.1, -0.05) is 26.1 Å². The zero-order chi connectivity index (χ0) is 12.8. The van der Waals surface area contributed by atoms with Gasteiger partial charge in [0, 0.05) is 31.3 Å². The molecule has 0 amide bonds. The largest absolute Gasteiger partial charge is 0.393 e. The van der Waals surface area contributed by atoms with Crippen molar-refractivity contribution in [1.82, 2.24) is 9.97 Å². The Bertz CT molecular complexity index is 379. The van der Waals surface area contributed by atoms with E-state index in [4.69, 9.17) is 18.0 Å². The van der Waals surface area contributed by atoms with Crippen LogP contribution in [0.4, 0.5) is 5.82 Å². The van der Waals surface area contributed by atoms with Crippen molar-refractivity contribution in [2.75, 3.05) is 18.0 Å². The van der Waals surface area contributed by atoms with Crippen molar-refractivity contribution in [3.63, 3.8) is 0 Å². The lowest BCUT2D eigenvalue weighted by atomic mass is 10.1. The Morgan fingerprint density at radius 3 is 2.71 bits per heavy atom. The summed E-state index contributed by atoms with van der Waals surface area (Å²) >= 11 is 4.90. The van der Waals surface area contributed by atoms with Crippen LogP contribution < -0.4 is 10.6 Å². The monoisotopic (exact) mass is 252 g/mol. The first-order chi connectivity index (χ1) is 8.04. The SMILES string of the molecule is CCN(CCC(N)=S)c1cc(C(C)C)ncn1. The van der Waals surface area contributed by atoms with E-state index in [1.807, 2.05) is 6.07 Å². The van der Waals surface area contributed by atoms with Gasteiger partial charge in [-0.2, -0.15) is 0 Å². The molecule has 0 fully saturated rings. The molecule has 0 aromatic carbocycles. The lowest BCUT2D eigenvalue weighted by molar-refractivity contribution is 0.784. The van der Waals surface area contributed by atoms with E-state index in [-0.39, 0.29) is 0 Å². The Balaban J connectivity index is 2.80. The van der Waals surface area contributed by atoms with Crippen LogP contribution in [0.1, 0.15) is 38.8 Å². The zero-order valence-electron chi connectivity index (χ0n) is 10.7. The van der Waals surface area contributed by atoms with Crippen LogP contribution in [0.2, 0.25) is 0 Å². The van der Waals surface area contributed by atoms with Gasteiger partial charge in [0.25, 0.3) is 0 Å². The zero-order valence-corrected chi connectivity index (χ0v) is 11.5. The standard InChI is InChI=1S/C12H20N4S/c1-4-16(6-5-11(13)17)12-7-10(9(2)3)14-8-15-12/h7-9H,4-6H2,1-3H3,(H2,13,17). The van der Waals surface area contributed by atoms with Crippen molar-refractivity contribution in [2.24, 2.45) is 5.73 Å². The van der Waals surface area contributed by atoms with Crippen LogP contribution in [-0.4, -0.2) is 28.0 Å². The second kappa shape index (κ2) is 6.49. The normalized spacial score (nSPS) is 10.6. The predicted molar refractivity (Wildman–Crippen MR) is 75.4 cm³/mol. The molecule has 0 radical (unpaired) electrons. The molecule has 0 bridgehead atoms. The fourth-order valence-corrected chi connectivity index (χ4v) is 1.62. The highest BCUT2D eigenvalue weighted by atomic mass is 32.1. The molecule has 0 spiro atoms. The van der Waals surface area contributed by atoms with E-state index in [0.29, 0.717) is 17.3 Å². The van der Waals surface area contributed by atoms with Gasteiger partial charge in [-0.3, -0.25) is 0 Å². The molecule has 17 heavy (non-hydrogen) atoms. The van der Waals surface area contributed by atoms with E-state index >= 15 is 0 Å². The predicted octanol–water partition coefficient (Wildman–Crippen LogP) is 2.10. The summed E-state index contributed by atoms with van der Waals surface area (Å²) in [6.07, 6.45) is 2.33. The summed E-state index contributed by atoms with van der Waals surface area (Å²) in [4.78, 5) is 11.3. The average molecular weight is 252 g/mol. The second-order valence-corrected chi connectivity index (χ2v) is 4.78. The number of hydrogen-bond acceptors (Lipinski definition) is 4. The molecule has 1 rings (SSSR count). The quantitative estimate of drug-likeness (QED) is 0.786. The molecule has 0 aliphatic rings. The van der Waals surface area contributed by atoms with Crippen molar-refractivity contribution >= 4 is 23.0 Å². The summed E-state index contributed by atoms with van der Waals surface area (Å²) < 4.78 is 0. The first-order valence-corrected chi connectivity index (χ1v) is 6.30. The molecule has 1 aromatic heterocycles. The van der Waals surface area contributed by atoms with Crippen LogP contribution in [0.3, 0.4) is 0 Å². The number of hydrogen-bond donors (Lipinski definition) is 1. The van der Waals surface area contributed by atoms with E-state index in [9.17, 15) is 0 Å². The average Bonchev–Trinajstić information content (AvgIpc) is 2.30. The number of aromatic nitrogens is 2. The van der Waals surface area contributed by atoms with Gasteiger partial charge in [-0.25, -0.2) is 9.97 Å². The minimum absolute atomic E-state index is 0.408. The summed E-state index contributed by atoms with van der Waals surface area (Å²) in [7, 11) is 0. The highest BCUT2D eigenvalue weighted by Crippen LogP contribution is 2.16. The molecule has 0 aliphatic carbocycles. The Morgan fingerprint density at radius 2 is 2.18 bits per heavy atom. The third-order valence-corrected chi connectivity index (χ3v) is 2.80. The van der Waals surface area contributed by atoms with E-state index in [0.717, 1.165) is 24.6 Å². The molecular weight excluding hydrogens is 232 g/mol. The maximum absolute atomic E-state index is 5.52. The van der Waals surface area contributed by atoms with Crippen LogP contribution in [0.15, 0.2) is 12.4 Å². The highest BCUT2D eigenvalue weighted by molar-refractivity contribution is 7.80. The molecule has 0 saturated heterocycles. The topological polar surface area (TPSA) is 55.0 Å². The summed E-state index contributed by atoms with van der Waals surface area (Å²) in [5.74, 6) is 1.36. The maximum Gasteiger partial charge on any atom is 0.132 e. The van der Waals surface area contributed by atoms with Crippen LogP contribution in [0.25, 0.3) is 0 Å². The number of rotatable bonds is 6. The van der Waals surface area contributed by atoms with Gasteiger partial charge in [-0.15, -0.1) is 0 Å². The van der Waals surface area contributed by atoms with Crippen LogP contribution >= 0.6 is 12.2 Å². The fraction of sp³-hybridized carbons (Fsp3) is 0.583. The first kappa shape index (κ1) is 13.8. The van der Waals surface area contributed by atoms with Gasteiger partial charge in [0.2, 0.25) is 0 Å². The Morgan fingerprint density at radius 1 is 1.47 bits per heavy atom. The highest BCUT2D eigenvalue weighted by Gasteiger charge is 2.09. The molecule has 0 aliphatic heterocycles. The van der Waals surface area contributed by atoms with Crippen molar-refractivity contribution in [2.45, 2.75) is 33.1 Å². The van der Waals surface area contributed by atoms with Crippen molar-refractivity contribution < 1.29 is 0 Å². The lowest BCUT2D eigenvalue weighted by Crippen LogP contribution is -2.28. The van der Waals surface area contributed by atoms with Gasteiger partial charge >= 0.3 is 0 Å². The van der Waals surface area contributed by atoms with E-state index in [1.165, 1.54) is 0 Å². The maximum atomic E-state index is 5.52. The molecule has 0 saturated carbocycles. The van der Waals surface area contributed by atoms with Crippen molar-refractivity contribution in [3.05, 3.63) is 18.1 Å². The molecule has 1 heterocycles. The van der Waals surface area contributed by atoms with Crippen LogP contribution in [-0.2, 0) is 0 Å². The van der Waals surface area contributed by atoms with Crippen LogP contribution in [0, 0.1) is 0 Å². The number of thiocarbonyl (C=S) groups is 1. The molecule has 0 atom stereocenters. The Kier molecular flexibility index (Phi) is 5.28. The van der Waals surface area contributed by atoms with Gasteiger partial charge in [-0.05, 0) is 12.8 Å². The Labute approximate surface area is 108 Å².